The first-order valence-corrected chi connectivity index (χ1v) is 9.69. The fourth-order valence-corrected chi connectivity index (χ4v) is 4.05. The summed E-state index contributed by atoms with van der Waals surface area (Å²) in [5.41, 5.74) is 6.18. The molecule has 146 valence electrons. The van der Waals surface area contributed by atoms with E-state index in [1.165, 1.54) is 5.56 Å². The fraction of sp³-hybridized carbons (Fsp3) is 0.450. The van der Waals surface area contributed by atoms with Crippen molar-refractivity contribution in [3.63, 3.8) is 0 Å². The molecule has 0 aliphatic carbocycles. The zero-order valence-electron chi connectivity index (χ0n) is 15.8. The molecule has 4 heterocycles. The Labute approximate surface area is 163 Å². The van der Waals surface area contributed by atoms with E-state index in [0.717, 1.165) is 23.6 Å². The van der Waals surface area contributed by atoms with Gasteiger partial charge in [-0.2, -0.15) is 0 Å². The van der Waals surface area contributed by atoms with Gasteiger partial charge >= 0.3 is 0 Å². The van der Waals surface area contributed by atoms with Gasteiger partial charge in [0.15, 0.2) is 6.10 Å². The summed E-state index contributed by atoms with van der Waals surface area (Å²) < 4.78 is 12.0. The molecule has 2 unspecified atom stereocenters. The molecule has 1 fully saturated rings. The molecule has 4 aliphatic rings. The first-order valence-electron chi connectivity index (χ1n) is 9.69. The van der Waals surface area contributed by atoms with Crippen LogP contribution in [-0.4, -0.2) is 66.1 Å². The van der Waals surface area contributed by atoms with Gasteiger partial charge in [-0.1, -0.05) is 18.2 Å². The highest BCUT2D eigenvalue weighted by molar-refractivity contribution is 6.05. The Hall–Kier alpha value is -2.71. The van der Waals surface area contributed by atoms with E-state index in [4.69, 9.17) is 9.47 Å². The minimum absolute atomic E-state index is 0.0351. The summed E-state index contributed by atoms with van der Waals surface area (Å²) in [6, 6.07) is 7.94. The predicted octanol–water partition coefficient (Wildman–Crippen LogP) is 1.10. The number of benzene rings is 1. The van der Waals surface area contributed by atoms with Crippen molar-refractivity contribution in [3.8, 4) is 5.75 Å². The van der Waals surface area contributed by atoms with Gasteiger partial charge in [-0.05, 0) is 37.5 Å². The van der Waals surface area contributed by atoms with Crippen molar-refractivity contribution in [3.05, 3.63) is 41.6 Å². The van der Waals surface area contributed by atoms with E-state index in [1.54, 1.807) is 0 Å². The number of hydrazine groups is 1. The molecule has 5 rings (SSSR count). The highest BCUT2D eigenvalue weighted by Gasteiger charge is 2.37. The molecule has 2 atom stereocenters. The maximum absolute atomic E-state index is 13.1. The molecule has 4 aliphatic heterocycles. The second-order valence-corrected chi connectivity index (χ2v) is 7.33. The van der Waals surface area contributed by atoms with Crippen LogP contribution >= 0.6 is 0 Å². The van der Waals surface area contributed by atoms with E-state index in [9.17, 15) is 4.79 Å². The highest BCUT2D eigenvalue weighted by Crippen LogP contribution is 2.29. The lowest BCUT2D eigenvalue weighted by Gasteiger charge is -2.39. The standard InChI is InChI=1S/C20H23N5O3/c1-13-10-15(25-20(23-13)21-12-22-25)18-11-24(8-9-27-18)19(26)17-7-6-14-4-2-3-5-16(14)28-17/h2-5,10,17-18,22H,6-9,11-12H2,1H3. The number of morpholine rings is 1. The third-order valence-corrected chi connectivity index (χ3v) is 5.44. The minimum Gasteiger partial charge on any atom is -0.480 e. The number of fused-ring (bicyclic) bond motifs is 2. The van der Waals surface area contributed by atoms with Crippen LogP contribution in [0, 0.1) is 0 Å². The van der Waals surface area contributed by atoms with Crippen molar-refractivity contribution in [2.24, 2.45) is 9.98 Å². The number of hydrogen-bond acceptors (Lipinski definition) is 7. The van der Waals surface area contributed by atoms with Gasteiger partial charge in [0, 0.05) is 12.3 Å². The number of guanidine groups is 1. The molecular formula is C20H23N5O3. The molecule has 1 N–H and O–H groups in total. The van der Waals surface area contributed by atoms with Crippen LogP contribution in [0.15, 0.2) is 46.0 Å². The van der Waals surface area contributed by atoms with Gasteiger partial charge in [0.1, 0.15) is 18.5 Å². The number of aliphatic imine (C=N–C) groups is 2. The summed E-state index contributed by atoms with van der Waals surface area (Å²) in [4.78, 5) is 23.8. The number of nitrogens with zero attached hydrogens (tertiary/aromatic N) is 4. The Morgan fingerprint density at radius 1 is 1.32 bits per heavy atom. The van der Waals surface area contributed by atoms with Crippen LogP contribution in [0.25, 0.3) is 0 Å². The van der Waals surface area contributed by atoms with Gasteiger partial charge in [0.25, 0.3) is 5.91 Å². The number of carbonyl (C=O) groups excluding carboxylic acids is 1. The smallest absolute Gasteiger partial charge is 0.263 e. The Balaban J connectivity index is 1.30. The Morgan fingerprint density at radius 2 is 2.21 bits per heavy atom. The lowest BCUT2D eigenvalue weighted by atomic mass is 10.0. The van der Waals surface area contributed by atoms with Gasteiger partial charge in [0.2, 0.25) is 5.96 Å². The lowest BCUT2D eigenvalue weighted by Crippen LogP contribution is -2.54. The SMILES string of the molecule is CC1=NC2=NCNN2C(C2CN(C(=O)C3CCc4ccccc4O3)CCO2)=C1. The Kier molecular flexibility index (Phi) is 4.37. The van der Waals surface area contributed by atoms with Crippen molar-refractivity contribution in [1.29, 1.82) is 0 Å². The number of nitrogens with one attached hydrogen (secondary N) is 1. The van der Waals surface area contributed by atoms with Crippen molar-refractivity contribution in [1.82, 2.24) is 15.3 Å². The average Bonchev–Trinajstić information content (AvgIpc) is 3.20. The summed E-state index contributed by atoms with van der Waals surface area (Å²) in [6.07, 6.45) is 2.90. The molecule has 8 heteroatoms. The molecule has 28 heavy (non-hydrogen) atoms. The largest absolute Gasteiger partial charge is 0.480 e. The molecule has 1 amide bonds. The van der Waals surface area contributed by atoms with E-state index in [1.807, 2.05) is 41.1 Å². The summed E-state index contributed by atoms with van der Waals surface area (Å²) >= 11 is 0. The first kappa shape index (κ1) is 17.4. The number of allylic oxidation sites excluding steroid dienone is 1. The molecule has 1 aromatic rings. The number of ether oxygens (including phenoxy) is 2. The molecule has 0 saturated carbocycles. The number of carbonyl (C=O) groups is 1. The normalized spacial score (nSPS) is 26.5. The van der Waals surface area contributed by atoms with Gasteiger partial charge in [-0.25, -0.2) is 20.4 Å². The molecule has 0 radical (unpaired) electrons. The van der Waals surface area contributed by atoms with E-state index in [2.05, 4.69) is 21.5 Å². The Morgan fingerprint density at radius 3 is 3.14 bits per heavy atom. The van der Waals surface area contributed by atoms with E-state index < -0.39 is 6.10 Å². The Bertz CT molecular complexity index is 894. The second-order valence-electron chi connectivity index (χ2n) is 7.33. The zero-order chi connectivity index (χ0) is 19.1. The van der Waals surface area contributed by atoms with Crippen LogP contribution in [0.1, 0.15) is 18.9 Å². The summed E-state index contributed by atoms with van der Waals surface area (Å²) in [6.45, 7) is 4.00. The van der Waals surface area contributed by atoms with Crippen molar-refractivity contribution < 1.29 is 14.3 Å². The van der Waals surface area contributed by atoms with Gasteiger partial charge in [-0.3, -0.25) is 4.79 Å². The summed E-state index contributed by atoms with van der Waals surface area (Å²) in [5, 5.41) is 1.86. The fourth-order valence-electron chi connectivity index (χ4n) is 4.05. The zero-order valence-corrected chi connectivity index (χ0v) is 15.8. The summed E-state index contributed by atoms with van der Waals surface area (Å²) in [7, 11) is 0. The molecule has 0 bridgehead atoms. The molecule has 1 aromatic carbocycles. The third-order valence-electron chi connectivity index (χ3n) is 5.44. The van der Waals surface area contributed by atoms with Crippen LogP contribution in [0.5, 0.6) is 5.75 Å². The number of para-hydroxylation sites is 1. The maximum atomic E-state index is 13.1. The molecular weight excluding hydrogens is 358 g/mol. The van der Waals surface area contributed by atoms with Crippen molar-refractivity contribution >= 4 is 17.6 Å². The average molecular weight is 381 g/mol. The summed E-state index contributed by atoms with van der Waals surface area (Å²) in [5.74, 6) is 1.50. The molecule has 1 saturated heterocycles. The van der Waals surface area contributed by atoms with Crippen LogP contribution in [0.3, 0.4) is 0 Å². The van der Waals surface area contributed by atoms with Gasteiger partial charge in [-0.15, -0.1) is 0 Å². The lowest BCUT2D eigenvalue weighted by molar-refractivity contribution is -0.146. The minimum atomic E-state index is -0.431. The van der Waals surface area contributed by atoms with E-state index in [-0.39, 0.29) is 12.0 Å². The number of aryl methyl sites for hydroxylation is 1. The van der Waals surface area contributed by atoms with Crippen LogP contribution in [0.4, 0.5) is 0 Å². The quantitative estimate of drug-likeness (QED) is 0.830. The van der Waals surface area contributed by atoms with Crippen LogP contribution < -0.4 is 10.2 Å². The van der Waals surface area contributed by atoms with Gasteiger partial charge in [0.05, 0.1) is 18.8 Å². The number of amides is 1. The van der Waals surface area contributed by atoms with E-state index >= 15 is 0 Å². The number of rotatable bonds is 2. The maximum Gasteiger partial charge on any atom is 0.263 e. The topological polar surface area (TPSA) is 78.8 Å². The predicted molar refractivity (Wildman–Crippen MR) is 104 cm³/mol. The first-order chi connectivity index (χ1) is 13.7. The highest BCUT2D eigenvalue weighted by atomic mass is 16.5. The molecule has 8 nitrogen and oxygen atoms in total. The van der Waals surface area contributed by atoms with Gasteiger partial charge < -0.3 is 14.4 Å². The second kappa shape index (κ2) is 7.03. The van der Waals surface area contributed by atoms with E-state index in [0.29, 0.717) is 38.7 Å². The van der Waals surface area contributed by atoms with Crippen molar-refractivity contribution in [2.45, 2.75) is 32.0 Å². The molecule has 0 aromatic heterocycles. The van der Waals surface area contributed by atoms with Crippen LogP contribution in [-0.2, 0) is 16.0 Å². The molecule has 0 spiro atoms. The third kappa shape index (κ3) is 3.08. The van der Waals surface area contributed by atoms with Crippen LogP contribution in [0.2, 0.25) is 0 Å². The number of hydrogen-bond donors (Lipinski definition) is 1. The monoisotopic (exact) mass is 381 g/mol. The van der Waals surface area contributed by atoms with Crippen molar-refractivity contribution in [2.75, 3.05) is 26.4 Å².